The van der Waals surface area contributed by atoms with E-state index in [0.717, 1.165) is 0 Å². The number of Topliss-reactive ketones (excluding diaryl/α,β-unsaturated/α-hetero) is 1. The lowest BCUT2D eigenvalue weighted by Crippen LogP contribution is -2.42. The van der Waals surface area contributed by atoms with Crippen LogP contribution in [0.1, 0.15) is 30.9 Å². The van der Waals surface area contributed by atoms with E-state index < -0.39 is 24.2 Å². The second-order valence-electron chi connectivity index (χ2n) is 6.96. The number of alkyl halides is 1. The topological polar surface area (TPSA) is 72.4 Å². The number of aromatic nitrogens is 2. The third kappa shape index (κ3) is 2.50. The van der Waals surface area contributed by atoms with Crippen molar-refractivity contribution < 1.29 is 18.7 Å². The molecule has 0 aromatic carbocycles. The van der Waals surface area contributed by atoms with Crippen LogP contribution < -0.4 is 4.90 Å². The fraction of sp³-hybridized carbons (Fsp3) is 0.368. The number of ether oxygens (including phenoxy) is 1. The molecule has 1 amide bonds. The van der Waals surface area contributed by atoms with E-state index in [0.29, 0.717) is 29.1 Å². The van der Waals surface area contributed by atoms with Gasteiger partial charge in [-0.3, -0.25) is 19.5 Å². The molecule has 2 aromatic rings. The zero-order valence-corrected chi connectivity index (χ0v) is 15.1. The Morgan fingerprint density at radius 2 is 2.15 bits per heavy atom. The molecule has 1 aliphatic carbocycles. The lowest BCUT2D eigenvalue weighted by atomic mass is 9.77. The maximum absolute atomic E-state index is 13.9. The molecule has 6 nitrogen and oxygen atoms in total. The summed E-state index contributed by atoms with van der Waals surface area (Å²) in [5.74, 6) is -1.02. The quantitative estimate of drug-likeness (QED) is 0.795. The summed E-state index contributed by atoms with van der Waals surface area (Å²) in [6.07, 6.45) is 4.37. The number of pyridine rings is 1. The zero-order valence-electron chi connectivity index (χ0n) is 14.2. The van der Waals surface area contributed by atoms with Crippen LogP contribution in [-0.2, 0) is 14.3 Å². The Morgan fingerprint density at radius 3 is 2.89 bits per heavy atom. The summed E-state index contributed by atoms with van der Waals surface area (Å²) in [7, 11) is 0. The number of rotatable bonds is 2. The summed E-state index contributed by atoms with van der Waals surface area (Å²) in [6.45, 7) is 0. The Kier molecular flexibility index (Phi) is 3.82. The lowest BCUT2D eigenvalue weighted by Gasteiger charge is -2.36. The highest BCUT2D eigenvalue weighted by atomic mass is 32.1. The maximum Gasteiger partial charge on any atom is 0.296 e. The molecule has 2 aliphatic heterocycles. The van der Waals surface area contributed by atoms with Gasteiger partial charge in [0.1, 0.15) is 12.3 Å². The van der Waals surface area contributed by atoms with Crippen LogP contribution in [-0.4, -0.2) is 33.9 Å². The predicted octanol–water partition coefficient (Wildman–Crippen LogP) is 2.99. The van der Waals surface area contributed by atoms with Crippen LogP contribution in [0.3, 0.4) is 0 Å². The summed E-state index contributed by atoms with van der Waals surface area (Å²) in [5, 5.41) is 2.27. The fourth-order valence-electron chi connectivity index (χ4n) is 4.20. The second kappa shape index (κ2) is 6.23. The van der Waals surface area contributed by atoms with E-state index in [9.17, 15) is 14.0 Å². The van der Waals surface area contributed by atoms with Crippen LogP contribution in [0.4, 0.5) is 9.52 Å². The molecule has 0 saturated heterocycles. The number of hydrogen-bond acceptors (Lipinski definition) is 6. The standard InChI is InChI=1S/C19H16FN3O3S/c20-11-3-4-13-12(8-11)16(24)14-15(10-2-1-5-21-9-10)23(18(25)17(14)26-13)19-22-6-7-27-19/h1-2,5-7,9,11-13,15H,3-4,8H2. The Labute approximate surface area is 158 Å². The minimum absolute atomic E-state index is 0.0858. The summed E-state index contributed by atoms with van der Waals surface area (Å²) in [4.78, 5) is 36.4. The summed E-state index contributed by atoms with van der Waals surface area (Å²) in [6, 6.07) is 2.92. The van der Waals surface area contributed by atoms with Gasteiger partial charge in [-0.25, -0.2) is 9.37 Å². The second-order valence-corrected chi connectivity index (χ2v) is 7.83. The maximum atomic E-state index is 13.9. The van der Waals surface area contributed by atoms with Crippen molar-refractivity contribution in [3.8, 4) is 0 Å². The van der Waals surface area contributed by atoms with Crippen molar-refractivity contribution in [3.63, 3.8) is 0 Å². The van der Waals surface area contributed by atoms with Crippen LogP contribution in [0.5, 0.6) is 0 Å². The van der Waals surface area contributed by atoms with E-state index in [1.807, 2.05) is 6.07 Å². The average molecular weight is 385 g/mol. The average Bonchev–Trinajstić information content (AvgIpc) is 3.30. The number of thiazole rings is 1. The van der Waals surface area contributed by atoms with Gasteiger partial charge in [-0.2, -0.15) is 0 Å². The highest BCUT2D eigenvalue weighted by Crippen LogP contribution is 2.48. The number of carbonyl (C=O) groups excluding carboxylic acids is 2. The molecule has 0 radical (unpaired) electrons. The minimum atomic E-state index is -1.01. The summed E-state index contributed by atoms with van der Waals surface area (Å²) in [5.41, 5.74) is 1.01. The van der Waals surface area contributed by atoms with Crippen LogP contribution in [0.25, 0.3) is 0 Å². The van der Waals surface area contributed by atoms with Gasteiger partial charge in [0.05, 0.1) is 17.5 Å². The first-order valence-corrected chi connectivity index (χ1v) is 9.75. The smallest absolute Gasteiger partial charge is 0.296 e. The first-order chi connectivity index (χ1) is 13.1. The van der Waals surface area contributed by atoms with Gasteiger partial charge < -0.3 is 4.74 Å². The number of amides is 1. The van der Waals surface area contributed by atoms with Crippen LogP contribution >= 0.6 is 11.3 Å². The molecule has 5 rings (SSSR count). The Balaban J connectivity index is 1.64. The molecule has 0 bridgehead atoms. The third-order valence-electron chi connectivity index (χ3n) is 5.41. The number of fused-ring (bicyclic) bond motifs is 1. The lowest BCUT2D eigenvalue weighted by molar-refractivity contribution is -0.133. The molecule has 8 heteroatoms. The number of carbonyl (C=O) groups is 2. The van der Waals surface area contributed by atoms with Gasteiger partial charge in [-0.1, -0.05) is 6.07 Å². The molecule has 1 saturated carbocycles. The van der Waals surface area contributed by atoms with Crippen molar-refractivity contribution in [2.75, 3.05) is 4.90 Å². The molecular weight excluding hydrogens is 369 g/mol. The van der Waals surface area contributed by atoms with Gasteiger partial charge in [-0.05, 0) is 30.9 Å². The van der Waals surface area contributed by atoms with Gasteiger partial charge >= 0.3 is 0 Å². The van der Waals surface area contributed by atoms with Gasteiger partial charge in [0, 0.05) is 24.0 Å². The van der Waals surface area contributed by atoms with Crippen molar-refractivity contribution in [2.45, 2.75) is 37.6 Å². The van der Waals surface area contributed by atoms with Crippen molar-refractivity contribution >= 4 is 28.2 Å². The largest absolute Gasteiger partial charge is 0.483 e. The van der Waals surface area contributed by atoms with Crippen molar-refractivity contribution in [2.24, 2.45) is 5.92 Å². The van der Waals surface area contributed by atoms with Gasteiger partial charge in [0.2, 0.25) is 0 Å². The highest BCUT2D eigenvalue weighted by Gasteiger charge is 2.53. The molecule has 0 spiro atoms. The molecule has 27 heavy (non-hydrogen) atoms. The first kappa shape index (κ1) is 16.6. The number of nitrogens with zero attached hydrogens (tertiary/aromatic N) is 3. The Morgan fingerprint density at radius 1 is 1.26 bits per heavy atom. The van der Waals surface area contributed by atoms with E-state index in [2.05, 4.69) is 9.97 Å². The molecule has 0 N–H and O–H groups in total. The Hall–Kier alpha value is -2.61. The molecule has 4 atom stereocenters. The zero-order chi connectivity index (χ0) is 18.5. The van der Waals surface area contributed by atoms with Gasteiger partial charge in [0.25, 0.3) is 5.91 Å². The summed E-state index contributed by atoms with van der Waals surface area (Å²) < 4.78 is 19.9. The van der Waals surface area contributed by atoms with Crippen LogP contribution in [0.2, 0.25) is 0 Å². The van der Waals surface area contributed by atoms with E-state index in [1.165, 1.54) is 16.2 Å². The van der Waals surface area contributed by atoms with E-state index in [4.69, 9.17) is 4.74 Å². The van der Waals surface area contributed by atoms with Crippen molar-refractivity contribution in [3.05, 3.63) is 53.0 Å². The number of halogens is 1. The molecule has 1 fully saturated rings. The molecular formula is C19H16FN3O3S. The van der Waals surface area contributed by atoms with Gasteiger partial charge in [0.15, 0.2) is 16.7 Å². The molecule has 2 aromatic heterocycles. The van der Waals surface area contributed by atoms with E-state index in [1.54, 1.807) is 30.0 Å². The monoisotopic (exact) mass is 385 g/mol. The van der Waals surface area contributed by atoms with E-state index >= 15 is 0 Å². The SMILES string of the molecule is O=C1C2=C(OC3CCC(F)CC13)C(=O)N(c1nccs1)C2c1cccnc1. The van der Waals surface area contributed by atoms with Crippen LogP contribution in [0.15, 0.2) is 47.4 Å². The van der Waals surface area contributed by atoms with Gasteiger partial charge in [-0.15, -0.1) is 11.3 Å². The van der Waals surface area contributed by atoms with Crippen LogP contribution in [0, 0.1) is 5.92 Å². The third-order valence-corrected chi connectivity index (χ3v) is 6.18. The van der Waals surface area contributed by atoms with Crippen molar-refractivity contribution in [1.82, 2.24) is 9.97 Å². The van der Waals surface area contributed by atoms with Crippen molar-refractivity contribution in [1.29, 1.82) is 0 Å². The minimum Gasteiger partial charge on any atom is -0.483 e. The molecule has 3 aliphatic rings. The molecule has 4 unspecified atom stereocenters. The van der Waals surface area contributed by atoms with E-state index in [-0.39, 0.29) is 23.9 Å². The first-order valence-electron chi connectivity index (χ1n) is 8.87. The highest BCUT2D eigenvalue weighted by molar-refractivity contribution is 7.13. The molecule has 4 heterocycles. The summed E-state index contributed by atoms with van der Waals surface area (Å²) >= 11 is 1.31. The predicted molar refractivity (Wildman–Crippen MR) is 95.7 cm³/mol. The Bertz CT molecular complexity index is 931. The number of ketones is 1. The normalized spacial score (nSPS) is 30.2. The molecule has 138 valence electrons. The number of hydrogen-bond donors (Lipinski definition) is 0. The fourth-order valence-corrected chi connectivity index (χ4v) is 4.87. The number of anilines is 1.